The van der Waals surface area contributed by atoms with Gasteiger partial charge in [-0.3, -0.25) is 24.0 Å². The Bertz CT molecular complexity index is 1910. The van der Waals surface area contributed by atoms with Gasteiger partial charge >= 0.3 is 12.0 Å². The van der Waals surface area contributed by atoms with Gasteiger partial charge in [0.15, 0.2) is 0 Å². The molecule has 0 aliphatic carbocycles. The number of piperidine rings is 1. The highest BCUT2D eigenvalue weighted by molar-refractivity contribution is 5.99. The number of rotatable bonds is 6. The molecule has 0 radical (unpaired) electrons. The first-order valence-corrected chi connectivity index (χ1v) is 19.9. The molecule has 2 aromatic carbocycles. The van der Waals surface area contributed by atoms with E-state index in [9.17, 15) is 43.1 Å². The maximum Gasteiger partial charge on any atom is 0.329 e. The predicted molar refractivity (Wildman–Crippen MR) is 207 cm³/mol. The first kappa shape index (κ1) is 42.0. The fourth-order valence-corrected chi connectivity index (χ4v) is 8.37. The highest BCUT2D eigenvalue weighted by atomic mass is 19.1. The molecule has 9 atom stereocenters. The van der Waals surface area contributed by atoms with Gasteiger partial charge in [-0.05, 0) is 82.2 Å². The average molecular weight is 806 g/mol. The number of cyclic esters (lactones) is 1. The Balaban J connectivity index is 1.34. The number of halogens is 1. The van der Waals surface area contributed by atoms with Gasteiger partial charge in [-0.2, -0.15) is 0 Å². The number of esters is 1. The van der Waals surface area contributed by atoms with Crippen LogP contribution in [0.3, 0.4) is 0 Å². The lowest BCUT2D eigenvalue weighted by atomic mass is 9.98. The van der Waals surface area contributed by atoms with Crippen LogP contribution in [-0.4, -0.2) is 129 Å². The number of ether oxygens (including phenoxy) is 1. The Kier molecular flexibility index (Phi) is 13.0. The van der Waals surface area contributed by atoms with E-state index in [4.69, 9.17) is 4.74 Å². The van der Waals surface area contributed by atoms with Gasteiger partial charge < -0.3 is 45.8 Å². The minimum Gasteiger partial charge on any atom is -0.458 e. The number of amides is 7. The zero-order valence-corrected chi connectivity index (χ0v) is 33.1. The van der Waals surface area contributed by atoms with E-state index in [-0.39, 0.29) is 50.5 Å². The third-order valence-corrected chi connectivity index (χ3v) is 11.3. The van der Waals surface area contributed by atoms with E-state index in [1.807, 2.05) is 26.0 Å². The second-order valence-corrected chi connectivity index (χ2v) is 16.0. The molecular weight excluding hydrogens is 753 g/mol. The van der Waals surface area contributed by atoms with Crippen LogP contribution >= 0.6 is 0 Å². The number of carbonyl (C=O) groups is 7. The third-order valence-electron chi connectivity index (χ3n) is 11.3. The predicted octanol–water partition coefficient (Wildman–Crippen LogP) is 1.38. The fourth-order valence-electron chi connectivity index (χ4n) is 8.37. The second-order valence-electron chi connectivity index (χ2n) is 16.0. The number of hydrogen-bond donors (Lipinski definition) is 5. The van der Waals surface area contributed by atoms with Crippen LogP contribution in [0, 0.1) is 18.7 Å². The summed E-state index contributed by atoms with van der Waals surface area (Å²) in [5.74, 6) is -4.74. The highest BCUT2D eigenvalue weighted by Gasteiger charge is 2.49. The van der Waals surface area contributed by atoms with E-state index >= 15 is 0 Å². The molecule has 7 amide bonds. The molecule has 4 aliphatic heterocycles. The lowest BCUT2D eigenvalue weighted by molar-refractivity contribution is -0.163. The standard InChI is InChI=1S/C41H52FN7O9/c1-22-8-7-9-26(16-22)18-30(45-41(57)44-28-13-11-27(42)12-14-28)35(51)46-34-25(4)58-40(56)33-17-23(2)20-48(33)37(53)24(3)43-36(52)31-10-5-6-15-47(31)38(54)32-19-29(50)21-49(32)39(34)55/h7-9,11-14,16,23-25,29-34,50H,5-6,10,15,17-21H2,1-4H3,(H,43,52)(H,46,51)(H2,44,45,57)/t23-,24+,25+,29-,30+,31+,32+,33+,34+/m1/s1. The summed E-state index contributed by atoms with van der Waals surface area (Å²) < 4.78 is 19.5. The van der Waals surface area contributed by atoms with Crippen LogP contribution in [0.15, 0.2) is 48.5 Å². The van der Waals surface area contributed by atoms with Crippen molar-refractivity contribution < 1.29 is 47.8 Å². The quantitative estimate of drug-likeness (QED) is 0.267. The van der Waals surface area contributed by atoms with Crippen LogP contribution in [0.1, 0.15) is 64.0 Å². The molecule has 5 N–H and O–H groups in total. The molecule has 0 aromatic heterocycles. The van der Waals surface area contributed by atoms with Crippen LogP contribution in [0.5, 0.6) is 0 Å². The maximum atomic E-state index is 14.7. The van der Waals surface area contributed by atoms with Gasteiger partial charge in [-0.1, -0.05) is 36.8 Å². The number of aliphatic hydroxyl groups excluding tert-OH is 1. The third kappa shape index (κ3) is 9.57. The molecule has 4 heterocycles. The van der Waals surface area contributed by atoms with Crippen molar-refractivity contribution in [1.82, 2.24) is 30.7 Å². The first-order valence-electron chi connectivity index (χ1n) is 19.9. The van der Waals surface area contributed by atoms with Crippen molar-refractivity contribution in [2.75, 3.05) is 25.0 Å². The molecule has 312 valence electrons. The van der Waals surface area contributed by atoms with E-state index in [2.05, 4.69) is 21.3 Å². The van der Waals surface area contributed by atoms with Gasteiger partial charge in [-0.25, -0.2) is 14.0 Å². The summed E-state index contributed by atoms with van der Waals surface area (Å²) in [5, 5.41) is 21.5. The number of anilines is 1. The Morgan fingerprint density at radius 3 is 2.34 bits per heavy atom. The topological polar surface area (TPSA) is 207 Å². The van der Waals surface area contributed by atoms with Crippen molar-refractivity contribution >= 4 is 47.2 Å². The van der Waals surface area contributed by atoms with Crippen molar-refractivity contribution in [1.29, 1.82) is 0 Å². The molecule has 6 rings (SSSR count). The number of aliphatic hydroxyl groups is 1. The van der Waals surface area contributed by atoms with E-state index in [0.29, 0.717) is 24.8 Å². The van der Waals surface area contributed by atoms with Crippen molar-refractivity contribution in [2.24, 2.45) is 5.92 Å². The monoisotopic (exact) mass is 805 g/mol. The van der Waals surface area contributed by atoms with Gasteiger partial charge in [0.1, 0.15) is 48.2 Å². The van der Waals surface area contributed by atoms with Crippen LogP contribution in [0.25, 0.3) is 0 Å². The van der Waals surface area contributed by atoms with Crippen molar-refractivity contribution in [3.63, 3.8) is 0 Å². The number of nitrogens with zero attached hydrogens (tertiary/aromatic N) is 3. The smallest absolute Gasteiger partial charge is 0.329 e. The van der Waals surface area contributed by atoms with E-state index < -0.39 is 95.8 Å². The van der Waals surface area contributed by atoms with E-state index in [0.717, 1.165) is 22.6 Å². The average Bonchev–Trinajstić information content (AvgIpc) is 3.78. The molecule has 0 spiro atoms. The molecule has 16 nitrogen and oxygen atoms in total. The van der Waals surface area contributed by atoms with Crippen molar-refractivity contribution in [3.8, 4) is 0 Å². The summed E-state index contributed by atoms with van der Waals surface area (Å²) in [6, 6.07) is 4.27. The number of aryl methyl sites for hydroxylation is 1. The number of benzene rings is 2. The summed E-state index contributed by atoms with van der Waals surface area (Å²) in [4.78, 5) is 102. The lowest BCUT2D eigenvalue weighted by Gasteiger charge is -2.39. The Hall–Kier alpha value is -5.58. The van der Waals surface area contributed by atoms with Gasteiger partial charge in [0, 0.05) is 38.2 Å². The van der Waals surface area contributed by atoms with Crippen molar-refractivity contribution in [2.45, 2.75) is 115 Å². The Morgan fingerprint density at radius 1 is 0.897 bits per heavy atom. The van der Waals surface area contributed by atoms with E-state index in [1.165, 1.54) is 35.8 Å². The van der Waals surface area contributed by atoms with Gasteiger partial charge in [0.25, 0.3) is 0 Å². The minimum absolute atomic E-state index is 0.0312. The number of nitrogens with one attached hydrogen (secondary N) is 4. The lowest BCUT2D eigenvalue weighted by Crippen LogP contribution is -2.63. The van der Waals surface area contributed by atoms with Crippen LogP contribution in [-0.2, 0) is 39.9 Å². The van der Waals surface area contributed by atoms with Gasteiger partial charge in [0.05, 0.1) is 6.10 Å². The van der Waals surface area contributed by atoms with Crippen LogP contribution in [0.4, 0.5) is 14.9 Å². The first-order chi connectivity index (χ1) is 27.6. The zero-order valence-electron chi connectivity index (χ0n) is 33.1. The van der Waals surface area contributed by atoms with Gasteiger partial charge in [-0.15, -0.1) is 0 Å². The molecule has 17 heteroatoms. The summed E-state index contributed by atoms with van der Waals surface area (Å²) in [5.41, 5.74) is 1.82. The summed E-state index contributed by atoms with van der Waals surface area (Å²) in [7, 11) is 0. The van der Waals surface area contributed by atoms with Crippen LogP contribution in [0.2, 0.25) is 0 Å². The second kappa shape index (κ2) is 17.9. The molecule has 2 aromatic rings. The Labute approximate surface area is 336 Å². The van der Waals surface area contributed by atoms with E-state index in [1.54, 1.807) is 12.1 Å². The molecule has 4 fully saturated rings. The summed E-state index contributed by atoms with van der Waals surface area (Å²) >= 11 is 0. The normalized spacial score (nSPS) is 28.8. The molecule has 58 heavy (non-hydrogen) atoms. The highest BCUT2D eigenvalue weighted by Crippen LogP contribution is 2.29. The number of carbonyl (C=O) groups excluding carboxylic acids is 7. The number of urea groups is 1. The van der Waals surface area contributed by atoms with Crippen molar-refractivity contribution in [3.05, 3.63) is 65.5 Å². The Morgan fingerprint density at radius 2 is 1.62 bits per heavy atom. The minimum atomic E-state index is -1.63. The summed E-state index contributed by atoms with van der Waals surface area (Å²) in [6.45, 7) is 6.80. The molecular formula is C41H52FN7O9. The number of fused-ring (bicyclic) bond motifs is 3. The maximum absolute atomic E-state index is 14.7. The largest absolute Gasteiger partial charge is 0.458 e. The molecule has 4 saturated heterocycles. The fraction of sp³-hybridized carbons (Fsp3) is 0.537. The molecule has 4 aliphatic rings. The molecule has 0 bridgehead atoms. The zero-order chi connectivity index (χ0) is 41.8. The summed E-state index contributed by atoms with van der Waals surface area (Å²) in [6.07, 6.45) is -0.865. The molecule has 0 saturated carbocycles. The molecule has 0 unspecified atom stereocenters. The van der Waals surface area contributed by atoms with Gasteiger partial charge in [0.2, 0.25) is 29.5 Å². The SMILES string of the molecule is Cc1cccc(C[C@H](NC(=O)Nc2ccc(F)cc2)C(=O)N[C@@H]2C(=O)N3C[C@H](O)C[C@H]3C(=O)N3CCCC[C@H]3C(=O)N[C@@H](C)C(=O)N3C[C@H](C)C[C@H]3C(=O)O[C@H]2C)c1. The number of hydrogen-bond acceptors (Lipinski definition) is 9. The van der Waals surface area contributed by atoms with Crippen LogP contribution < -0.4 is 21.3 Å².